The Morgan fingerprint density at radius 1 is 1.67 bits per heavy atom. The zero-order chi connectivity index (χ0) is 6.85. The Hall–Kier alpha value is -1.06. The van der Waals surface area contributed by atoms with Crippen molar-refractivity contribution < 1.29 is 14.7 Å². The van der Waals surface area contributed by atoms with Gasteiger partial charge in [-0.2, -0.15) is 0 Å². The molecule has 0 aliphatic heterocycles. The van der Waals surface area contributed by atoms with Gasteiger partial charge in [-0.1, -0.05) is 0 Å². The lowest BCUT2D eigenvalue weighted by Gasteiger charge is -2.22. The van der Waals surface area contributed by atoms with Crippen molar-refractivity contribution in [2.45, 2.75) is 18.9 Å². The van der Waals surface area contributed by atoms with Gasteiger partial charge in [0.1, 0.15) is 5.78 Å². The van der Waals surface area contributed by atoms with E-state index in [0.29, 0.717) is 12.8 Å². The molecule has 4 nitrogen and oxygen atoms in total. The fourth-order valence-electron chi connectivity index (χ4n) is 0.767. The summed E-state index contributed by atoms with van der Waals surface area (Å²) in [4.78, 5) is 20.1. The summed E-state index contributed by atoms with van der Waals surface area (Å²) in [6, 6.07) is -0.116. The average Bonchev–Trinajstić information content (AvgIpc) is 1.60. The van der Waals surface area contributed by atoms with Crippen molar-refractivity contribution in [2.75, 3.05) is 0 Å². The molecule has 1 amide bonds. The summed E-state index contributed by atoms with van der Waals surface area (Å²) in [6.07, 6.45) is -0.314. The molecule has 0 aromatic heterocycles. The topological polar surface area (TPSA) is 66.4 Å². The Morgan fingerprint density at radius 3 is 2.56 bits per heavy atom. The predicted molar refractivity (Wildman–Crippen MR) is 29.2 cm³/mol. The first kappa shape index (κ1) is 6.07. The van der Waals surface area contributed by atoms with Gasteiger partial charge in [-0.05, 0) is 0 Å². The first-order valence-corrected chi connectivity index (χ1v) is 2.69. The summed E-state index contributed by atoms with van der Waals surface area (Å²) < 4.78 is 0. The lowest BCUT2D eigenvalue weighted by atomic mass is 9.92. The molecule has 0 aromatic rings. The molecule has 0 atom stereocenters. The van der Waals surface area contributed by atoms with Crippen LogP contribution >= 0.6 is 0 Å². The van der Waals surface area contributed by atoms with Crippen LogP contribution in [-0.2, 0) is 4.79 Å². The quantitative estimate of drug-likeness (QED) is 0.523. The Kier molecular flexibility index (Phi) is 1.38. The van der Waals surface area contributed by atoms with Gasteiger partial charge in [0, 0.05) is 18.9 Å². The summed E-state index contributed by atoms with van der Waals surface area (Å²) in [6.45, 7) is 0. The molecule has 0 heterocycles. The van der Waals surface area contributed by atoms with Crippen molar-refractivity contribution in [1.82, 2.24) is 5.32 Å². The molecule has 1 rings (SSSR count). The minimum Gasteiger partial charge on any atom is -0.465 e. The summed E-state index contributed by atoms with van der Waals surface area (Å²) >= 11 is 0. The maximum absolute atomic E-state index is 10.3. The van der Waals surface area contributed by atoms with Gasteiger partial charge in [0.2, 0.25) is 0 Å². The first-order chi connectivity index (χ1) is 4.18. The smallest absolute Gasteiger partial charge is 0.404 e. The highest BCUT2D eigenvalue weighted by Crippen LogP contribution is 2.13. The zero-order valence-corrected chi connectivity index (χ0v) is 4.76. The molecule has 0 bridgehead atoms. The molecule has 2 N–H and O–H groups in total. The van der Waals surface area contributed by atoms with E-state index in [2.05, 4.69) is 5.32 Å². The van der Waals surface area contributed by atoms with Crippen molar-refractivity contribution in [1.29, 1.82) is 0 Å². The van der Waals surface area contributed by atoms with E-state index in [-0.39, 0.29) is 11.8 Å². The molecule has 1 aliphatic rings. The third kappa shape index (κ3) is 1.42. The molecule has 4 heteroatoms. The number of rotatable bonds is 1. The SMILES string of the molecule is O=C1CC(NC(=O)O)C1. The monoisotopic (exact) mass is 129 g/mol. The Balaban J connectivity index is 2.18. The molecular formula is C5H7NO3. The van der Waals surface area contributed by atoms with Crippen LogP contribution in [0.3, 0.4) is 0 Å². The third-order valence-electron chi connectivity index (χ3n) is 1.28. The number of nitrogens with one attached hydrogen (secondary N) is 1. The van der Waals surface area contributed by atoms with Gasteiger partial charge in [-0.25, -0.2) is 4.79 Å². The largest absolute Gasteiger partial charge is 0.465 e. The maximum Gasteiger partial charge on any atom is 0.404 e. The van der Waals surface area contributed by atoms with Gasteiger partial charge in [-0.3, -0.25) is 4.79 Å². The molecule has 0 radical (unpaired) electrons. The summed E-state index contributed by atoms with van der Waals surface area (Å²) in [5.74, 6) is 0.133. The minimum absolute atomic E-state index is 0.116. The average molecular weight is 129 g/mol. The van der Waals surface area contributed by atoms with Crippen LogP contribution in [0.25, 0.3) is 0 Å². The van der Waals surface area contributed by atoms with E-state index in [9.17, 15) is 9.59 Å². The zero-order valence-electron chi connectivity index (χ0n) is 4.76. The second kappa shape index (κ2) is 2.05. The van der Waals surface area contributed by atoms with E-state index >= 15 is 0 Å². The Bertz CT molecular complexity index is 146. The normalized spacial score (nSPS) is 18.9. The van der Waals surface area contributed by atoms with E-state index < -0.39 is 6.09 Å². The van der Waals surface area contributed by atoms with Crippen molar-refractivity contribution in [2.24, 2.45) is 0 Å². The van der Waals surface area contributed by atoms with Crippen LogP contribution in [0.5, 0.6) is 0 Å². The number of hydrogen-bond donors (Lipinski definition) is 2. The van der Waals surface area contributed by atoms with Crippen LogP contribution in [0.15, 0.2) is 0 Å². The maximum atomic E-state index is 10.3. The molecular weight excluding hydrogens is 122 g/mol. The van der Waals surface area contributed by atoms with Crippen LogP contribution < -0.4 is 5.32 Å². The van der Waals surface area contributed by atoms with Crippen LogP contribution in [0.2, 0.25) is 0 Å². The van der Waals surface area contributed by atoms with Crippen molar-refractivity contribution in [3.05, 3.63) is 0 Å². The Labute approximate surface area is 51.9 Å². The highest BCUT2D eigenvalue weighted by molar-refractivity contribution is 5.87. The van der Waals surface area contributed by atoms with E-state index in [4.69, 9.17) is 5.11 Å². The van der Waals surface area contributed by atoms with Crippen LogP contribution in [0.4, 0.5) is 4.79 Å². The lowest BCUT2D eigenvalue weighted by molar-refractivity contribution is -0.124. The van der Waals surface area contributed by atoms with Gasteiger partial charge >= 0.3 is 6.09 Å². The molecule has 9 heavy (non-hydrogen) atoms. The number of amides is 1. The first-order valence-electron chi connectivity index (χ1n) is 2.69. The van der Waals surface area contributed by atoms with E-state index in [0.717, 1.165) is 0 Å². The highest BCUT2D eigenvalue weighted by atomic mass is 16.4. The fraction of sp³-hybridized carbons (Fsp3) is 0.600. The van der Waals surface area contributed by atoms with E-state index in [1.807, 2.05) is 0 Å². The molecule has 0 unspecified atom stereocenters. The number of carboxylic acid groups (broad SMARTS) is 1. The molecule has 0 saturated heterocycles. The minimum atomic E-state index is -1.05. The number of carbonyl (C=O) groups excluding carboxylic acids is 1. The van der Waals surface area contributed by atoms with Crippen LogP contribution in [0.1, 0.15) is 12.8 Å². The summed E-state index contributed by atoms with van der Waals surface area (Å²) in [5.41, 5.74) is 0. The number of Topliss-reactive ketones (excluding diaryl/α,β-unsaturated/α-hetero) is 1. The Morgan fingerprint density at radius 2 is 2.22 bits per heavy atom. The van der Waals surface area contributed by atoms with Gasteiger partial charge in [0.25, 0.3) is 0 Å². The van der Waals surface area contributed by atoms with Gasteiger partial charge in [0.05, 0.1) is 0 Å². The standard InChI is InChI=1S/C5H7NO3/c7-4-1-3(2-4)6-5(8)9/h3,6H,1-2H2,(H,8,9). The van der Waals surface area contributed by atoms with Gasteiger partial charge < -0.3 is 10.4 Å². The fourth-order valence-corrected chi connectivity index (χ4v) is 0.767. The van der Waals surface area contributed by atoms with Crippen molar-refractivity contribution in [3.63, 3.8) is 0 Å². The summed E-state index contributed by atoms with van der Waals surface area (Å²) in [5, 5.41) is 10.3. The predicted octanol–water partition coefficient (Wildman–Crippen LogP) is -0.0145. The number of hydrogen-bond acceptors (Lipinski definition) is 2. The molecule has 0 aromatic carbocycles. The van der Waals surface area contributed by atoms with Crippen molar-refractivity contribution >= 4 is 11.9 Å². The lowest BCUT2D eigenvalue weighted by Crippen LogP contribution is -2.43. The summed E-state index contributed by atoms with van der Waals surface area (Å²) in [7, 11) is 0. The van der Waals surface area contributed by atoms with E-state index in [1.54, 1.807) is 0 Å². The molecule has 1 saturated carbocycles. The molecule has 50 valence electrons. The van der Waals surface area contributed by atoms with Crippen LogP contribution in [0, 0.1) is 0 Å². The van der Waals surface area contributed by atoms with Gasteiger partial charge in [-0.15, -0.1) is 0 Å². The second-order valence-electron chi connectivity index (χ2n) is 2.09. The highest BCUT2D eigenvalue weighted by Gasteiger charge is 2.27. The van der Waals surface area contributed by atoms with Gasteiger partial charge in [0.15, 0.2) is 0 Å². The molecule has 1 fully saturated rings. The van der Waals surface area contributed by atoms with E-state index in [1.165, 1.54) is 0 Å². The second-order valence-corrected chi connectivity index (χ2v) is 2.09. The molecule has 1 aliphatic carbocycles. The number of ketones is 1. The van der Waals surface area contributed by atoms with Crippen molar-refractivity contribution in [3.8, 4) is 0 Å². The third-order valence-corrected chi connectivity index (χ3v) is 1.28. The van der Waals surface area contributed by atoms with Crippen LogP contribution in [-0.4, -0.2) is 23.0 Å². The number of carbonyl (C=O) groups is 2. The molecule has 0 spiro atoms.